The molecule has 0 radical (unpaired) electrons. The lowest BCUT2D eigenvalue weighted by atomic mass is 10.0. The highest BCUT2D eigenvalue weighted by Gasteiger charge is 2.55. The Bertz CT molecular complexity index is 1120. The largest absolute Gasteiger partial charge is 0.583 e. The molecule has 0 aliphatic rings. The van der Waals surface area contributed by atoms with Gasteiger partial charge in [-0.1, -0.05) is 17.3 Å². The minimum atomic E-state index is -5.64. The maximum Gasteiger partial charge on any atom is 0.583 e. The first-order valence-electron chi connectivity index (χ1n) is 9.74. The number of nitrogens with one attached hydrogen (secondary N) is 1. The van der Waals surface area contributed by atoms with Crippen molar-refractivity contribution in [1.82, 2.24) is 9.55 Å². The normalized spacial score (nSPS) is 18.9. The average molecular weight is 583 g/mol. The van der Waals surface area contributed by atoms with Crippen LogP contribution in [0.3, 0.4) is 0 Å². The van der Waals surface area contributed by atoms with Gasteiger partial charge in [0, 0.05) is 13.2 Å². The predicted octanol–water partition coefficient (Wildman–Crippen LogP) is 0.759. The number of aromatic amines is 1. The van der Waals surface area contributed by atoms with Gasteiger partial charge in [-0.05, 0) is 17.7 Å². The first-order valence-corrected chi connectivity index (χ1v) is 14.3. The molecule has 0 aliphatic carbocycles. The zero-order valence-corrected chi connectivity index (χ0v) is 21.9. The van der Waals surface area contributed by atoms with Gasteiger partial charge in [0.25, 0.3) is 5.56 Å². The van der Waals surface area contributed by atoms with Crippen LogP contribution in [0.4, 0.5) is 0 Å². The van der Waals surface area contributed by atoms with E-state index in [1.54, 1.807) is 0 Å². The molecule has 3 unspecified atom stereocenters. The van der Waals surface area contributed by atoms with E-state index in [1.165, 1.54) is 20.9 Å². The zero-order valence-electron chi connectivity index (χ0n) is 19.3. The summed E-state index contributed by atoms with van der Waals surface area (Å²) in [4.78, 5) is 85.9. The summed E-state index contributed by atoms with van der Waals surface area (Å²) < 4.78 is 46.7. The molecule has 1 rings (SSSR count). The van der Waals surface area contributed by atoms with Gasteiger partial charge in [0.1, 0.15) is 30.9 Å². The van der Waals surface area contributed by atoms with Crippen molar-refractivity contribution in [2.45, 2.75) is 44.6 Å². The molecule has 0 aliphatic heterocycles. The molecule has 0 amide bonds. The number of phosphoric acid groups is 2. The maximum absolute atomic E-state index is 12.4. The SMILES string of the molecule is CC[C@@H](N=O)[C@@H](CO[P+](O)(OC)OP(=O)(O)OP(=O)(O)O)OC(c1cn(C)c(=O)[nH]c1=O)[C@H](C)N=O. The Kier molecular flexibility index (Phi) is 12.0. The third-order valence-corrected chi connectivity index (χ3v) is 8.66. The number of nitrogens with zero attached hydrogens (tertiary/aromatic N) is 3. The number of hydrogen-bond donors (Lipinski definition) is 5. The molecule has 1 heterocycles. The fourth-order valence-corrected chi connectivity index (χ4v) is 6.08. The maximum atomic E-state index is 12.4. The lowest BCUT2D eigenvalue weighted by Gasteiger charge is -2.28. The van der Waals surface area contributed by atoms with Gasteiger partial charge in [0.05, 0.1) is 12.7 Å². The molecule has 36 heavy (non-hydrogen) atoms. The van der Waals surface area contributed by atoms with Crippen molar-refractivity contribution in [3.05, 3.63) is 42.4 Å². The highest BCUT2D eigenvalue weighted by Crippen LogP contribution is 2.72. The van der Waals surface area contributed by atoms with Crippen LogP contribution in [0.5, 0.6) is 0 Å². The molecular formula is C14H26N4O15P3+. The number of ether oxygens (including phenoxy) is 1. The smallest absolute Gasteiger partial charge is 0.363 e. The van der Waals surface area contributed by atoms with Crippen LogP contribution in [0.25, 0.3) is 0 Å². The third-order valence-electron chi connectivity index (χ3n) is 4.40. The number of hydrogen-bond acceptors (Lipinski definition) is 14. The summed E-state index contributed by atoms with van der Waals surface area (Å²) in [5.41, 5.74) is -1.93. The number of H-pyrrole nitrogens is 1. The van der Waals surface area contributed by atoms with Crippen LogP contribution in [-0.2, 0) is 38.6 Å². The minimum absolute atomic E-state index is 0.00129. The second kappa shape index (κ2) is 13.3. The molecule has 0 aromatic carbocycles. The third kappa shape index (κ3) is 9.70. The molecule has 1 aromatic rings. The molecule has 0 fully saturated rings. The predicted molar refractivity (Wildman–Crippen MR) is 121 cm³/mol. The van der Waals surface area contributed by atoms with Crippen molar-refractivity contribution in [2.75, 3.05) is 13.7 Å². The standard InChI is InChI=1S/C14H25N4O15P3/c1-5-10(17-22)11(7-30-36(28,29-4)33-35(26,27)32-34(23,24)25)31-12(8(2)16-21)9-6-18(3)14(20)15-13(9)19/h6,8,10-12,28H,5,7H2,1-4H3,(H3-,15,19,20,23,24,25,26,27)/p+1/t8-,10+,11+,12?,36?/m0/s1. The summed E-state index contributed by atoms with van der Waals surface area (Å²) in [6.07, 6.45) is -1.88. The highest BCUT2D eigenvalue weighted by atomic mass is 31.3. The fourth-order valence-electron chi connectivity index (χ4n) is 2.68. The lowest BCUT2D eigenvalue weighted by Crippen LogP contribution is -2.39. The topological polar surface area (TPSA) is 275 Å². The van der Waals surface area contributed by atoms with Gasteiger partial charge < -0.3 is 19.1 Å². The molecule has 6 atom stereocenters. The number of rotatable bonds is 16. The van der Waals surface area contributed by atoms with Crippen LogP contribution in [0.1, 0.15) is 31.9 Å². The van der Waals surface area contributed by atoms with Crippen molar-refractivity contribution in [1.29, 1.82) is 0 Å². The molecule has 0 spiro atoms. The highest BCUT2D eigenvalue weighted by molar-refractivity contribution is 7.69. The van der Waals surface area contributed by atoms with Gasteiger partial charge in [-0.3, -0.25) is 14.7 Å². The van der Waals surface area contributed by atoms with E-state index in [0.29, 0.717) is 0 Å². The van der Waals surface area contributed by atoms with Crippen LogP contribution in [0, 0.1) is 9.81 Å². The Morgan fingerprint density at radius 2 is 1.81 bits per heavy atom. The van der Waals surface area contributed by atoms with E-state index < -0.39 is 66.0 Å². The van der Waals surface area contributed by atoms with E-state index in [4.69, 9.17) is 19.0 Å². The Morgan fingerprint density at radius 3 is 2.28 bits per heavy atom. The fraction of sp³-hybridized carbons (Fsp3) is 0.714. The summed E-state index contributed by atoms with van der Waals surface area (Å²) >= 11 is 0. The van der Waals surface area contributed by atoms with E-state index in [0.717, 1.165) is 17.9 Å². The monoisotopic (exact) mass is 583 g/mol. The molecule has 0 saturated heterocycles. The molecule has 0 saturated carbocycles. The van der Waals surface area contributed by atoms with Gasteiger partial charge >= 0.3 is 29.5 Å². The average Bonchev–Trinajstić information content (AvgIpc) is 2.76. The van der Waals surface area contributed by atoms with Crippen LogP contribution in [0.15, 0.2) is 26.1 Å². The quantitative estimate of drug-likeness (QED) is 0.133. The summed E-state index contributed by atoms with van der Waals surface area (Å²) in [5.74, 6) is 0. The lowest BCUT2D eigenvalue weighted by molar-refractivity contribution is -0.0633. The van der Waals surface area contributed by atoms with Gasteiger partial charge in [-0.25, -0.2) is 13.9 Å². The van der Waals surface area contributed by atoms with E-state index >= 15 is 0 Å². The van der Waals surface area contributed by atoms with Crippen LogP contribution >= 0.6 is 23.8 Å². The van der Waals surface area contributed by atoms with Crippen LogP contribution < -0.4 is 11.2 Å². The summed E-state index contributed by atoms with van der Waals surface area (Å²) in [6.45, 7) is 1.88. The van der Waals surface area contributed by atoms with Crippen molar-refractivity contribution < 1.29 is 51.1 Å². The second-order valence-electron chi connectivity index (χ2n) is 7.05. The van der Waals surface area contributed by atoms with Gasteiger partial charge in [-0.15, -0.1) is 0 Å². The molecule has 5 N–H and O–H groups in total. The number of nitroso groups, excluding NO2 is 2. The van der Waals surface area contributed by atoms with E-state index in [9.17, 15) is 38.3 Å². The van der Waals surface area contributed by atoms with Crippen molar-refractivity contribution in [3.63, 3.8) is 0 Å². The second-order valence-corrected chi connectivity index (χ2v) is 11.8. The van der Waals surface area contributed by atoms with Gasteiger partial charge in [0.15, 0.2) is 0 Å². The van der Waals surface area contributed by atoms with Crippen molar-refractivity contribution in [3.8, 4) is 0 Å². The molecule has 22 heteroatoms. The van der Waals surface area contributed by atoms with E-state index in [-0.39, 0.29) is 12.0 Å². The molecule has 1 aromatic heterocycles. The Morgan fingerprint density at radius 1 is 1.19 bits per heavy atom. The molecule has 0 bridgehead atoms. The molecular weight excluding hydrogens is 557 g/mol. The van der Waals surface area contributed by atoms with E-state index in [1.807, 2.05) is 4.98 Å². The van der Waals surface area contributed by atoms with Crippen molar-refractivity contribution >= 4 is 23.8 Å². The molecule has 19 nitrogen and oxygen atoms in total. The summed E-state index contributed by atoms with van der Waals surface area (Å²) in [6, 6.07) is -2.52. The number of aromatic nitrogens is 2. The van der Waals surface area contributed by atoms with Gasteiger partial charge in [-0.2, -0.15) is 28.1 Å². The van der Waals surface area contributed by atoms with E-state index in [2.05, 4.69) is 23.5 Å². The van der Waals surface area contributed by atoms with Crippen LogP contribution in [-0.4, -0.2) is 61.0 Å². The Balaban J connectivity index is 3.31. The zero-order chi connectivity index (χ0) is 27.9. The Labute approximate surface area is 203 Å². The van der Waals surface area contributed by atoms with Gasteiger partial charge in [0.2, 0.25) is 0 Å². The minimum Gasteiger partial charge on any atom is -0.363 e. The molecule has 206 valence electrons. The first kappa shape index (κ1) is 32.4. The van der Waals surface area contributed by atoms with Crippen molar-refractivity contribution in [2.24, 2.45) is 17.4 Å². The number of aryl methyl sites for hydroxylation is 1. The summed E-state index contributed by atoms with van der Waals surface area (Å²) in [5, 5.41) is 5.67. The van der Waals surface area contributed by atoms with Crippen LogP contribution in [0.2, 0.25) is 0 Å². The first-order chi connectivity index (χ1) is 16.5. The summed E-state index contributed by atoms with van der Waals surface area (Å²) in [7, 11) is -14.0. The Hall–Kier alpha value is -1.59.